The number of nitrogens with zero attached hydrogens (tertiary/aromatic N) is 1. The lowest BCUT2D eigenvalue weighted by Gasteiger charge is -2.20. The number of esters is 1. The normalized spacial score (nSPS) is 17.6. The molecule has 1 fully saturated rings. The summed E-state index contributed by atoms with van der Waals surface area (Å²) in [7, 11) is 0. The van der Waals surface area contributed by atoms with Crippen LogP contribution in [-0.4, -0.2) is 30.3 Å². The molecule has 1 aliphatic rings. The van der Waals surface area contributed by atoms with E-state index in [0.29, 0.717) is 5.56 Å². The first-order valence-electron chi connectivity index (χ1n) is 9.19. The van der Waals surface area contributed by atoms with Crippen molar-refractivity contribution in [2.45, 2.75) is 32.8 Å². The Kier molecular flexibility index (Phi) is 5.69. The molecule has 0 aromatic heterocycles. The van der Waals surface area contributed by atoms with Crippen LogP contribution in [0.1, 0.15) is 36.2 Å². The predicted molar refractivity (Wildman–Crippen MR) is 103 cm³/mol. The van der Waals surface area contributed by atoms with Crippen molar-refractivity contribution in [3.8, 4) is 0 Å². The van der Waals surface area contributed by atoms with Crippen LogP contribution < -0.4 is 4.90 Å². The Labute approximate surface area is 158 Å². The van der Waals surface area contributed by atoms with Gasteiger partial charge in [0.1, 0.15) is 0 Å². The second-order valence-corrected chi connectivity index (χ2v) is 6.70. The maximum absolute atomic E-state index is 12.5. The fourth-order valence-electron chi connectivity index (χ4n) is 3.33. The summed E-state index contributed by atoms with van der Waals surface area (Å²) < 4.78 is 5.37. The van der Waals surface area contributed by atoms with Crippen molar-refractivity contribution in [1.82, 2.24) is 0 Å². The Morgan fingerprint density at radius 2 is 1.78 bits per heavy atom. The molecule has 1 saturated heterocycles. The number of hydrogen-bond donors (Lipinski definition) is 0. The van der Waals surface area contributed by atoms with Crippen molar-refractivity contribution in [3.63, 3.8) is 0 Å². The number of carbonyl (C=O) groups excluding carboxylic acids is 3. The van der Waals surface area contributed by atoms with E-state index in [2.05, 4.69) is 0 Å². The Bertz CT molecular complexity index is 846. The van der Waals surface area contributed by atoms with Crippen LogP contribution in [0.3, 0.4) is 0 Å². The number of hydrogen-bond acceptors (Lipinski definition) is 4. The maximum atomic E-state index is 12.5. The van der Waals surface area contributed by atoms with E-state index in [1.165, 1.54) is 0 Å². The van der Waals surface area contributed by atoms with E-state index in [1.807, 2.05) is 37.3 Å². The number of para-hydroxylation sites is 1. The highest BCUT2D eigenvalue weighted by Gasteiger charge is 2.37. The number of benzene rings is 2. The van der Waals surface area contributed by atoms with Gasteiger partial charge in [0.2, 0.25) is 11.7 Å². The molecule has 2 aromatic carbocycles. The average molecular weight is 365 g/mol. The largest absolute Gasteiger partial charge is 0.454 e. The topological polar surface area (TPSA) is 63.7 Å². The number of rotatable bonds is 6. The zero-order chi connectivity index (χ0) is 19.4. The zero-order valence-corrected chi connectivity index (χ0v) is 15.6. The van der Waals surface area contributed by atoms with Gasteiger partial charge in [0.05, 0.1) is 5.92 Å². The smallest absolute Gasteiger partial charge is 0.312 e. The first-order valence-corrected chi connectivity index (χ1v) is 9.19. The molecule has 0 radical (unpaired) electrons. The number of Topliss-reactive ketones (excluding diaryl/α,β-unsaturated/α-hetero) is 1. The van der Waals surface area contributed by atoms with Gasteiger partial charge in [-0.15, -0.1) is 0 Å². The van der Waals surface area contributed by atoms with Gasteiger partial charge >= 0.3 is 5.97 Å². The molecule has 1 heterocycles. The Balaban J connectivity index is 1.66. The molecule has 140 valence electrons. The lowest BCUT2D eigenvalue weighted by Crippen LogP contribution is -2.30. The monoisotopic (exact) mass is 365 g/mol. The van der Waals surface area contributed by atoms with Gasteiger partial charge < -0.3 is 9.64 Å². The van der Waals surface area contributed by atoms with E-state index in [1.54, 1.807) is 36.1 Å². The molecule has 0 aliphatic carbocycles. The third-order valence-corrected chi connectivity index (χ3v) is 4.84. The third-order valence-electron chi connectivity index (χ3n) is 4.84. The second-order valence-electron chi connectivity index (χ2n) is 6.70. The summed E-state index contributed by atoms with van der Waals surface area (Å²) in [6.07, 6.45) is 0.0212. The van der Waals surface area contributed by atoms with Crippen LogP contribution >= 0.6 is 0 Å². The van der Waals surface area contributed by atoms with Gasteiger partial charge in [-0.3, -0.25) is 14.4 Å². The molecule has 27 heavy (non-hydrogen) atoms. The van der Waals surface area contributed by atoms with E-state index < -0.39 is 18.0 Å². The van der Waals surface area contributed by atoms with Crippen LogP contribution in [0.2, 0.25) is 0 Å². The Hall–Kier alpha value is -2.95. The van der Waals surface area contributed by atoms with Crippen molar-refractivity contribution < 1.29 is 19.1 Å². The third kappa shape index (κ3) is 4.08. The summed E-state index contributed by atoms with van der Waals surface area (Å²) in [5, 5.41) is 0. The summed E-state index contributed by atoms with van der Waals surface area (Å²) in [5.41, 5.74) is 2.40. The van der Waals surface area contributed by atoms with E-state index in [4.69, 9.17) is 4.74 Å². The van der Waals surface area contributed by atoms with Crippen molar-refractivity contribution >= 4 is 23.3 Å². The highest BCUT2D eigenvalue weighted by Crippen LogP contribution is 2.29. The minimum absolute atomic E-state index is 0.0973. The molecule has 0 saturated carbocycles. The number of anilines is 1. The molecule has 1 amide bonds. The molecular weight excluding hydrogens is 342 g/mol. The fourth-order valence-corrected chi connectivity index (χ4v) is 3.33. The lowest BCUT2D eigenvalue weighted by molar-refractivity contribution is -0.151. The molecule has 3 rings (SSSR count). The second kappa shape index (κ2) is 8.16. The van der Waals surface area contributed by atoms with Gasteiger partial charge in [0.15, 0.2) is 6.10 Å². The van der Waals surface area contributed by atoms with Gasteiger partial charge in [0.25, 0.3) is 0 Å². The van der Waals surface area contributed by atoms with Crippen LogP contribution in [0.5, 0.6) is 0 Å². The van der Waals surface area contributed by atoms with Crippen molar-refractivity contribution in [1.29, 1.82) is 0 Å². The predicted octanol–water partition coefficient (Wildman–Crippen LogP) is 3.42. The number of carbonyl (C=O) groups is 3. The van der Waals surface area contributed by atoms with Gasteiger partial charge in [-0.05, 0) is 25.0 Å². The van der Waals surface area contributed by atoms with E-state index in [9.17, 15) is 14.4 Å². The maximum Gasteiger partial charge on any atom is 0.312 e. The molecule has 1 aliphatic heterocycles. The summed E-state index contributed by atoms with van der Waals surface area (Å²) in [5.74, 6) is -1.41. The zero-order valence-electron chi connectivity index (χ0n) is 15.6. The lowest BCUT2D eigenvalue weighted by atomic mass is 10.1. The van der Waals surface area contributed by atoms with Gasteiger partial charge in [-0.25, -0.2) is 0 Å². The van der Waals surface area contributed by atoms with E-state index in [0.717, 1.165) is 17.7 Å². The summed E-state index contributed by atoms with van der Waals surface area (Å²) >= 11 is 0. The summed E-state index contributed by atoms with van der Waals surface area (Å²) in [4.78, 5) is 39.0. The van der Waals surface area contributed by atoms with Crippen molar-refractivity contribution in [2.24, 2.45) is 5.92 Å². The van der Waals surface area contributed by atoms with Crippen molar-refractivity contribution in [3.05, 3.63) is 65.7 Å². The van der Waals surface area contributed by atoms with Gasteiger partial charge in [-0.1, -0.05) is 55.5 Å². The SMILES string of the molecule is CCc1ccccc1N1C[C@@H](C(=O)O[C@H](C)C(=O)c2ccccc2)CC1=O. The molecule has 2 atom stereocenters. The minimum atomic E-state index is -0.882. The molecule has 0 spiro atoms. The fraction of sp³-hybridized carbons (Fsp3) is 0.318. The van der Waals surface area contributed by atoms with Crippen molar-refractivity contribution in [2.75, 3.05) is 11.4 Å². The first kappa shape index (κ1) is 18.8. The quantitative estimate of drug-likeness (QED) is 0.581. The summed E-state index contributed by atoms with van der Waals surface area (Å²) in [6, 6.07) is 16.4. The number of ketones is 1. The average Bonchev–Trinajstić information content (AvgIpc) is 3.09. The van der Waals surface area contributed by atoms with Crippen LogP contribution in [0.15, 0.2) is 54.6 Å². The number of aryl methyl sites for hydroxylation is 1. The molecule has 0 bridgehead atoms. The van der Waals surface area contributed by atoms with E-state index >= 15 is 0 Å². The van der Waals surface area contributed by atoms with Crippen LogP contribution in [0.4, 0.5) is 5.69 Å². The molecule has 5 nitrogen and oxygen atoms in total. The molecular formula is C22H23NO4. The molecule has 0 unspecified atom stereocenters. The van der Waals surface area contributed by atoms with E-state index in [-0.39, 0.29) is 24.7 Å². The number of amides is 1. The van der Waals surface area contributed by atoms with Crippen LogP contribution in [0.25, 0.3) is 0 Å². The molecule has 5 heteroatoms. The highest BCUT2D eigenvalue weighted by molar-refractivity contribution is 6.02. The van der Waals surface area contributed by atoms with Gasteiger partial charge in [-0.2, -0.15) is 0 Å². The molecule has 2 aromatic rings. The van der Waals surface area contributed by atoms with Crippen LogP contribution in [-0.2, 0) is 20.7 Å². The van der Waals surface area contributed by atoms with Gasteiger partial charge in [0, 0.05) is 24.2 Å². The minimum Gasteiger partial charge on any atom is -0.454 e. The Morgan fingerprint density at radius 1 is 1.11 bits per heavy atom. The standard InChI is InChI=1S/C22H23NO4/c1-3-16-9-7-8-12-19(16)23-14-18(13-20(23)24)22(26)27-15(2)21(25)17-10-5-4-6-11-17/h4-12,15,18H,3,13-14H2,1-2H3/t15-,18+/m1/s1. The Morgan fingerprint density at radius 3 is 2.48 bits per heavy atom. The summed E-state index contributed by atoms with van der Waals surface area (Å²) in [6.45, 7) is 3.87. The number of ether oxygens (including phenoxy) is 1. The van der Waals surface area contributed by atoms with Crippen LogP contribution in [0, 0.1) is 5.92 Å². The molecule has 0 N–H and O–H groups in total. The highest BCUT2D eigenvalue weighted by atomic mass is 16.5. The first-order chi connectivity index (χ1) is 13.0.